The first-order valence-electron chi connectivity index (χ1n) is 9.54. The molecule has 10 heteroatoms. The van der Waals surface area contributed by atoms with Gasteiger partial charge in [-0.15, -0.1) is 0 Å². The summed E-state index contributed by atoms with van der Waals surface area (Å²) in [5.74, 6) is 0.774. The number of nitrogens with one attached hydrogen (secondary N) is 2. The van der Waals surface area contributed by atoms with Crippen molar-refractivity contribution in [3.63, 3.8) is 0 Å². The van der Waals surface area contributed by atoms with Gasteiger partial charge in [0, 0.05) is 40.7 Å². The van der Waals surface area contributed by atoms with E-state index in [4.69, 9.17) is 0 Å². The number of aromatic nitrogens is 3. The number of pyridine rings is 1. The van der Waals surface area contributed by atoms with Crippen molar-refractivity contribution in [1.82, 2.24) is 19.9 Å². The second kappa shape index (κ2) is 10.1. The lowest BCUT2D eigenvalue weighted by molar-refractivity contribution is -0.138. The summed E-state index contributed by atoms with van der Waals surface area (Å²) in [5.41, 5.74) is 0.961. The zero-order chi connectivity index (χ0) is 22.4. The molecule has 3 aromatic rings. The zero-order valence-corrected chi connectivity index (χ0v) is 18.6. The Labute approximate surface area is 187 Å². The van der Waals surface area contributed by atoms with Crippen LogP contribution in [0.3, 0.4) is 0 Å². The third kappa shape index (κ3) is 6.63. The van der Waals surface area contributed by atoms with Crippen LogP contribution in [0.4, 0.5) is 30.6 Å². The summed E-state index contributed by atoms with van der Waals surface area (Å²) in [6, 6.07) is 9.26. The van der Waals surface area contributed by atoms with Gasteiger partial charge in [0.2, 0.25) is 5.95 Å². The van der Waals surface area contributed by atoms with Gasteiger partial charge in [-0.25, -0.2) is 4.98 Å². The lowest BCUT2D eigenvalue weighted by Crippen LogP contribution is -2.17. The van der Waals surface area contributed by atoms with Gasteiger partial charge in [0.15, 0.2) is 0 Å². The van der Waals surface area contributed by atoms with Crippen molar-refractivity contribution in [3.8, 4) is 11.3 Å². The SMILES string of the molecule is CN(C)CCCNc1nc(Nc2ccc(Br)c(C(F)(F)F)c2)cc(-c2ccncc2)n1. The Kier molecular flexibility index (Phi) is 7.45. The molecule has 0 aliphatic rings. The van der Waals surface area contributed by atoms with Crippen LogP contribution in [0.2, 0.25) is 0 Å². The average molecular weight is 495 g/mol. The maximum Gasteiger partial charge on any atom is 0.417 e. The van der Waals surface area contributed by atoms with E-state index in [2.05, 4.69) is 46.4 Å². The van der Waals surface area contributed by atoms with Gasteiger partial charge in [0.25, 0.3) is 0 Å². The highest BCUT2D eigenvalue weighted by Crippen LogP contribution is 2.37. The molecule has 2 heterocycles. The Morgan fingerprint density at radius 1 is 1.03 bits per heavy atom. The minimum Gasteiger partial charge on any atom is -0.354 e. The second-order valence-corrected chi connectivity index (χ2v) is 7.95. The quantitative estimate of drug-likeness (QED) is 0.407. The fourth-order valence-corrected chi connectivity index (χ4v) is 3.30. The van der Waals surface area contributed by atoms with E-state index in [0.29, 0.717) is 24.0 Å². The predicted octanol–water partition coefficient (Wildman–Crippen LogP) is 5.43. The highest BCUT2D eigenvalue weighted by molar-refractivity contribution is 9.10. The third-order valence-corrected chi connectivity index (χ3v) is 5.00. The van der Waals surface area contributed by atoms with Crippen LogP contribution < -0.4 is 10.6 Å². The normalized spacial score (nSPS) is 11.6. The molecule has 6 nitrogen and oxygen atoms in total. The molecule has 3 rings (SSSR count). The summed E-state index contributed by atoms with van der Waals surface area (Å²) in [4.78, 5) is 15.1. The molecule has 0 saturated heterocycles. The van der Waals surface area contributed by atoms with E-state index in [1.165, 1.54) is 6.07 Å². The molecule has 2 aromatic heterocycles. The van der Waals surface area contributed by atoms with Crippen molar-refractivity contribution in [2.75, 3.05) is 37.8 Å². The van der Waals surface area contributed by atoms with E-state index < -0.39 is 11.7 Å². The number of nitrogens with zero attached hydrogens (tertiary/aromatic N) is 4. The minimum absolute atomic E-state index is 0.0195. The van der Waals surface area contributed by atoms with Crippen LogP contribution in [-0.2, 0) is 6.18 Å². The van der Waals surface area contributed by atoms with Crippen molar-refractivity contribution in [2.45, 2.75) is 12.6 Å². The molecule has 0 unspecified atom stereocenters. The first-order valence-corrected chi connectivity index (χ1v) is 10.3. The van der Waals surface area contributed by atoms with Crippen LogP contribution in [0.15, 0.2) is 53.3 Å². The van der Waals surface area contributed by atoms with E-state index >= 15 is 0 Å². The molecule has 0 spiro atoms. The van der Waals surface area contributed by atoms with Crippen LogP contribution >= 0.6 is 15.9 Å². The number of rotatable bonds is 8. The molecule has 164 valence electrons. The molecule has 0 radical (unpaired) electrons. The smallest absolute Gasteiger partial charge is 0.354 e. The van der Waals surface area contributed by atoms with Crippen LogP contribution in [0.1, 0.15) is 12.0 Å². The minimum atomic E-state index is -4.47. The monoisotopic (exact) mass is 494 g/mol. The maximum absolute atomic E-state index is 13.2. The molecule has 0 aliphatic carbocycles. The van der Waals surface area contributed by atoms with Gasteiger partial charge in [-0.1, -0.05) is 15.9 Å². The Morgan fingerprint density at radius 2 is 1.77 bits per heavy atom. The van der Waals surface area contributed by atoms with E-state index in [1.54, 1.807) is 24.5 Å². The molecular weight excluding hydrogens is 473 g/mol. The fraction of sp³-hybridized carbons (Fsp3) is 0.286. The van der Waals surface area contributed by atoms with Crippen LogP contribution in [0.25, 0.3) is 11.3 Å². The number of anilines is 3. The molecule has 0 atom stereocenters. The molecule has 0 saturated carbocycles. The van der Waals surface area contributed by atoms with Gasteiger partial charge >= 0.3 is 6.18 Å². The summed E-state index contributed by atoms with van der Waals surface area (Å²) < 4.78 is 39.7. The first kappa shape index (κ1) is 23.0. The lowest BCUT2D eigenvalue weighted by atomic mass is 10.2. The second-order valence-electron chi connectivity index (χ2n) is 7.10. The summed E-state index contributed by atoms with van der Waals surface area (Å²) in [6.07, 6.45) is -0.276. The van der Waals surface area contributed by atoms with Crippen molar-refractivity contribution < 1.29 is 13.2 Å². The number of halogens is 4. The molecule has 0 aliphatic heterocycles. The maximum atomic E-state index is 13.2. The van der Waals surface area contributed by atoms with Gasteiger partial charge in [-0.3, -0.25) is 4.98 Å². The molecule has 0 bridgehead atoms. The van der Waals surface area contributed by atoms with E-state index in [9.17, 15) is 13.2 Å². The van der Waals surface area contributed by atoms with Crippen LogP contribution in [0.5, 0.6) is 0 Å². The number of hydrogen-bond acceptors (Lipinski definition) is 6. The van der Waals surface area contributed by atoms with Crippen molar-refractivity contribution in [2.24, 2.45) is 0 Å². The van der Waals surface area contributed by atoms with Crippen LogP contribution in [0, 0.1) is 0 Å². The highest BCUT2D eigenvalue weighted by Gasteiger charge is 2.33. The van der Waals surface area contributed by atoms with Gasteiger partial charge in [0.1, 0.15) is 5.82 Å². The van der Waals surface area contributed by atoms with E-state index in [0.717, 1.165) is 24.6 Å². The average Bonchev–Trinajstić information content (AvgIpc) is 2.72. The standard InChI is InChI=1S/C21H22BrF3N6/c1-31(2)11-3-8-27-20-29-18(14-6-9-26-10-7-14)13-19(30-20)28-15-4-5-17(22)16(12-15)21(23,24)25/h4-7,9-10,12-13H,3,8,11H2,1-2H3,(H2,27,28,29,30). The summed E-state index contributed by atoms with van der Waals surface area (Å²) in [5, 5.41) is 6.16. The number of benzene rings is 1. The molecule has 0 amide bonds. The number of hydrogen-bond donors (Lipinski definition) is 2. The number of alkyl halides is 3. The Bertz CT molecular complexity index is 1010. The lowest BCUT2D eigenvalue weighted by Gasteiger charge is -2.14. The van der Waals surface area contributed by atoms with E-state index in [-0.39, 0.29) is 10.2 Å². The topological polar surface area (TPSA) is 66.0 Å². The van der Waals surface area contributed by atoms with Crippen molar-refractivity contribution in [1.29, 1.82) is 0 Å². The van der Waals surface area contributed by atoms with E-state index in [1.807, 2.05) is 26.2 Å². The Morgan fingerprint density at radius 3 is 2.45 bits per heavy atom. The van der Waals surface area contributed by atoms with Crippen molar-refractivity contribution >= 4 is 33.4 Å². The van der Waals surface area contributed by atoms with Gasteiger partial charge in [-0.2, -0.15) is 18.2 Å². The Balaban J connectivity index is 1.89. The molecule has 1 aromatic carbocycles. The van der Waals surface area contributed by atoms with Gasteiger partial charge in [-0.05, 0) is 57.4 Å². The molecule has 31 heavy (non-hydrogen) atoms. The van der Waals surface area contributed by atoms with Crippen molar-refractivity contribution in [3.05, 3.63) is 58.8 Å². The third-order valence-electron chi connectivity index (χ3n) is 4.31. The highest BCUT2D eigenvalue weighted by atomic mass is 79.9. The fourth-order valence-electron chi connectivity index (χ4n) is 2.82. The predicted molar refractivity (Wildman–Crippen MR) is 119 cm³/mol. The van der Waals surface area contributed by atoms with Gasteiger partial charge < -0.3 is 15.5 Å². The summed E-state index contributed by atoms with van der Waals surface area (Å²) in [7, 11) is 3.99. The molecule has 2 N–H and O–H groups in total. The zero-order valence-electron chi connectivity index (χ0n) is 17.0. The van der Waals surface area contributed by atoms with Crippen LogP contribution in [-0.4, -0.2) is 47.0 Å². The first-order chi connectivity index (χ1) is 14.7. The largest absolute Gasteiger partial charge is 0.417 e. The summed E-state index contributed by atoms with van der Waals surface area (Å²) in [6.45, 7) is 1.56. The summed E-state index contributed by atoms with van der Waals surface area (Å²) >= 11 is 2.96. The Hall–Kier alpha value is -2.72. The molecule has 0 fully saturated rings. The van der Waals surface area contributed by atoms with Gasteiger partial charge in [0.05, 0.1) is 11.3 Å². The molecular formula is C21H22BrF3N6.